The lowest BCUT2D eigenvalue weighted by Gasteiger charge is -2.19. The number of nitrogens with zero attached hydrogens (tertiary/aromatic N) is 3. The van der Waals surface area contributed by atoms with Gasteiger partial charge in [-0.05, 0) is 50.5 Å². The zero-order chi connectivity index (χ0) is 16.9. The Morgan fingerprint density at radius 3 is 2.61 bits per heavy atom. The topological polar surface area (TPSA) is 50.4 Å². The van der Waals surface area contributed by atoms with Gasteiger partial charge in [0.25, 0.3) is 0 Å². The van der Waals surface area contributed by atoms with Gasteiger partial charge in [0.1, 0.15) is 5.82 Å². The van der Waals surface area contributed by atoms with E-state index in [0.717, 1.165) is 34.9 Å². The fourth-order valence-corrected chi connectivity index (χ4v) is 3.37. The molecule has 0 atom stereocenters. The first-order valence-corrected chi connectivity index (χ1v) is 8.11. The molecule has 2 heterocycles. The van der Waals surface area contributed by atoms with Gasteiger partial charge in [0.2, 0.25) is 1.43 Å². The molecular formula is C18H18ClN3O. The van der Waals surface area contributed by atoms with E-state index in [0.29, 0.717) is 0 Å². The molecule has 0 bridgehead atoms. The van der Waals surface area contributed by atoms with Gasteiger partial charge in [-0.15, -0.1) is 10.2 Å². The maximum atomic E-state index is 7.34. The van der Waals surface area contributed by atoms with Gasteiger partial charge >= 0.3 is 0 Å². The fraction of sp³-hybridized carbons (Fsp3) is 0.333. The molecule has 1 aromatic carbocycles. The van der Waals surface area contributed by atoms with Crippen LogP contribution in [0.4, 0.5) is 0 Å². The van der Waals surface area contributed by atoms with Crippen LogP contribution in [0.3, 0.4) is 0 Å². The van der Waals surface area contributed by atoms with Crippen LogP contribution in [0.5, 0.6) is 0 Å². The fourth-order valence-electron chi connectivity index (χ4n) is 3.25. The Morgan fingerprint density at radius 1 is 1.22 bits per heavy atom. The first-order valence-electron chi connectivity index (χ1n) is 8.14. The summed E-state index contributed by atoms with van der Waals surface area (Å²) in [6.07, 6.45) is 4.06. The molecule has 0 radical (unpaired) electrons. The molecule has 1 fully saturated rings. The molecule has 1 aliphatic rings. The van der Waals surface area contributed by atoms with E-state index in [2.05, 4.69) is 22.3 Å². The predicted molar refractivity (Wildman–Crippen MR) is 89.7 cm³/mol. The number of aliphatic hydroxyl groups is 1. The zero-order valence-electron chi connectivity index (χ0n) is 14.1. The van der Waals surface area contributed by atoms with Crippen molar-refractivity contribution in [1.82, 2.24) is 14.6 Å². The van der Waals surface area contributed by atoms with Gasteiger partial charge < -0.3 is 5.11 Å². The smallest absolute Gasteiger partial charge is 0.211 e. The molecule has 3 aromatic rings. The molecular weight excluding hydrogens is 310 g/mol. The van der Waals surface area contributed by atoms with E-state index >= 15 is 0 Å². The molecule has 5 heteroatoms. The lowest BCUT2D eigenvalue weighted by molar-refractivity contribution is 0.0796. The van der Waals surface area contributed by atoms with Gasteiger partial charge in [0.05, 0.1) is 11.0 Å². The standard InChI is InChI=1S/C18H18ClN3O/c1-17(2,23)14-4-3-11-22-15(14)20-21-16(22)18(9-10-18)12-5-7-13(19)8-6-12/h3-8,11,23H,9-10H2,1-2H3/i23D. The average Bonchev–Trinajstić information content (AvgIpc) is 3.27. The first kappa shape index (κ1) is 13.5. The van der Waals surface area contributed by atoms with Gasteiger partial charge in [-0.25, -0.2) is 0 Å². The minimum absolute atomic E-state index is 0.103. The minimum atomic E-state index is -0.746. The molecule has 118 valence electrons. The van der Waals surface area contributed by atoms with Crippen molar-refractivity contribution in [2.24, 2.45) is 0 Å². The Bertz CT molecular complexity index is 900. The highest BCUT2D eigenvalue weighted by atomic mass is 35.5. The normalized spacial score (nSPS) is 17.3. The van der Waals surface area contributed by atoms with Crippen molar-refractivity contribution >= 4 is 17.2 Å². The summed E-state index contributed by atoms with van der Waals surface area (Å²) in [6.45, 7) is 3.71. The predicted octanol–water partition coefficient (Wildman–Crippen LogP) is 3.69. The summed E-state index contributed by atoms with van der Waals surface area (Å²) in [5, 5.41) is 14.5. The van der Waals surface area contributed by atoms with Crippen LogP contribution in [-0.4, -0.2) is 21.1 Å². The van der Waals surface area contributed by atoms with Crippen molar-refractivity contribution in [2.45, 2.75) is 37.7 Å². The summed E-state index contributed by atoms with van der Waals surface area (Å²) < 4.78 is 9.37. The Labute approximate surface area is 141 Å². The molecule has 0 saturated heterocycles. The number of hydrogen-bond acceptors (Lipinski definition) is 3. The van der Waals surface area contributed by atoms with Crippen molar-refractivity contribution in [2.75, 3.05) is 0 Å². The molecule has 1 N–H and O–H groups in total. The number of rotatable bonds is 4. The summed E-state index contributed by atoms with van der Waals surface area (Å²) >= 11 is 6.02. The number of fused-ring (bicyclic) bond motifs is 1. The van der Waals surface area contributed by atoms with Crippen LogP contribution < -0.4 is 0 Å². The van der Waals surface area contributed by atoms with E-state index in [1.165, 1.54) is 5.56 Å². The SMILES string of the molecule is [2H]OC(C)(C)c1cccn2c(C3(c4ccc(Cl)cc4)CC3)nnc12. The highest BCUT2D eigenvalue weighted by Crippen LogP contribution is 2.53. The van der Waals surface area contributed by atoms with Gasteiger partial charge in [-0.1, -0.05) is 29.8 Å². The van der Waals surface area contributed by atoms with Crippen LogP contribution >= 0.6 is 11.6 Å². The van der Waals surface area contributed by atoms with E-state index in [9.17, 15) is 0 Å². The number of hydrogen-bond donors (Lipinski definition) is 1. The van der Waals surface area contributed by atoms with Crippen LogP contribution in [0.1, 0.15) is 43.6 Å². The van der Waals surface area contributed by atoms with Crippen LogP contribution in [-0.2, 0) is 11.0 Å². The zero-order valence-corrected chi connectivity index (χ0v) is 13.8. The van der Waals surface area contributed by atoms with Crippen molar-refractivity contribution in [1.29, 1.82) is 1.43 Å². The Balaban J connectivity index is 1.87. The van der Waals surface area contributed by atoms with E-state index in [4.69, 9.17) is 18.1 Å². The monoisotopic (exact) mass is 328 g/mol. The van der Waals surface area contributed by atoms with Crippen LogP contribution in [0, 0.1) is 0 Å². The molecule has 1 aliphatic carbocycles. The summed E-state index contributed by atoms with van der Waals surface area (Å²) in [7, 11) is 0. The van der Waals surface area contributed by atoms with Gasteiger partial charge in [0, 0.05) is 16.8 Å². The van der Waals surface area contributed by atoms with Gasteiger partial charge in [-0.2, -0.15) is 0 Å². The van der Waals surface area contributed by atoms with Crippen molar-refractivity contribution < 1.29 is 5.11 Å². The van der Waals surface area contributed by atoms with E-state index in [-0.39, 0.29) is 5.41 Å². The molecule has 0 spiro atoms. The first-order chi connectivity index (χ1) is 11.5. The molecule has 4 nitrogen and oxygen atoms in total. The highest BCUT2D eigenvalue weighted by Gasteiger charge is 2.49. The van der Waals surface area contributed by atoms with E-state index in [1.54, 1.807) is 0 Å². The third kappa shape index (κ3) is 2.25. The van der Waals surface area contributed by atoms with E-state index in [1.807, 2.05) is 48.7 Å². The van der Waals surface area contributed by atoms with Gasteiger partial charge in [-0.3, -0.25) is 4.40 Å². The second-order valence-corrected chi connectivity index (χ2v) is 7.17. The number of halogens is 1. The average molecular weight is 329 g/mol. The lowest BCUT2D eigenvalue weighted by Crippen LogP contribution is -2.18. The number of aromatic nitrogens is 3. The maximum absolute atomic E-state index is 7.34. The van der Waals surface area contributed by atoms with Crippen molar-refractivity contribution in [3.8, 4) is 0 Å². The number of pyridine rings is 1. The Kier molecular flexibility index (Phi) is 2.82. The van der Waals surface area contributed by atoms with Crippen LogP contribution in [0.15, 0.2) is 42.6 Å². The second kappa shape index (κ2) is 4.79. The summed E-state index contributed by atoms with van der Waals surface area (Å²) in [5.74, 6) is 0.933. The van der Waals surface area contributed by atoms with Crippen molar-refractivity contribution in [3.63, 3.8) is 0 Å². The third-order valence-corrected chi connectivity index (χ3v) is 4.91. The summed E-state index contributed by atoms with van der Waals surface area (Å²) in [5.41, 5.74) is 1.96. The Morgan fingerprint density at radius 2 is 1.96 bits per heavy atom. The Hall–Kier alpha value is -1.91. The molecule has 0 unspecified atom stereocenters. The molecule has 2 aromatic heterocycles. The van der Waals surface area contributed by atoms with Crippen molar-refractivity contribution in [3.05, 3.63) is 64.6 Å². The van der Waals surface area contributed by atoms with Crippen LogP contribution in [0.25, 0.3) is 5.65 Å². The van der Waals surface area contributed by atoms with Crippen LogP contribution in [0.2, 0.25) is 5.02 Å². The molecule has 1 saturated carbocycles. The minimum Gasteiger partial charge on any atom is -0.386 e. The molecule has 23 heavy (non-hydrogen) atoms. The van der Waals surface area contributed by atoms with Gasteiger partial charge in [0.15, 0.2) is 5.65 Å². The molecule has 4 rings (SSSR count). The maximum Gasteiger partial charge on any atom is 0.211 e. The molecule has 0 aliphatic heterocycles. The summed E-state index contributed by atoms with van der Waals surface area (Å²) in [4.78, 5) is 0. The largest absolute Gasteiger partial charge is 0.386 e. The molecule has 0 amide bonds. The third-order valence-electron chi connectivity index (χ3n) is 4.66. The number of benzene rings is 1. The van der Waals surface area contributed by atoms with E-state index < -0.39 is 5.60 Å². The summed E-state index contributed by atoms with van der Waals surface area (Å²) in [6, 6.07) is 11.9. The second-order valence-electron chi connectivity index (χ2n) is 6.74. The highest BCUT2D eigenvalue weighted by molar-refractivity contribution is 6.30. The quantitative estimate of drug-likeness (QED) is 0.794. The lowest BCUT2D eigenvalue weighted by atomic mass is 9.95.